The van der Waals surface area contributed by atoms with Gasteiger partial charge in [0.15, 0.2) is 5.96 Å². The van der Waals surface area contributed by atoms with E-state index in [1.165, 1.54) is 11.1 Å². The summed E-state index contributed by atoms with van der Waals surface area (Å²) in [6.45, 7) is 10.9. The number of nitrogens with zero attached hydrogens (tertiary/aromatic N) is 3. The summed E-state index contributed by atoms with van der Waals surface area (Å²) in [6, 6.07) is 9.24. The van der Waals surface area contributed by atoms with Crippen LogP contribution in [0.4, 0.5) is 0 Å². The number of rotatable bonds is 8. The summed E-state index contributed by atoms with van der Waals surface area (Å²) < 4.78 is 5.49. The lowest BCUT2D eigenvalue weighted by molar-refractivity contribution is 0.00752. The Kier molecular flexibility index (Phi) is 12.0. The standard InChI is InChI=1S/C21H37N5O.HI/c1-17(2)20(26-10-12-27-13-11-26)15-24-21(22-3)23-14-18-6-8-19(9-7-18)16-25(4)5;/h6-9,17,20H,10-16H2,1-5H3,(H2,22,23,24);1H. The highest BCUT2D eigenvalue weighted by molar-refractivity contribution is 14.0. The molecule has 1 aromatic rings. The Hall–Kier alpha value is -0.900. The van der Waals surface area contributed by atoms with Gasteiger partial charge >= 0.3 is 0 Å². The molecule has 1 aliphatic heterocycles. The molecular formula is C21H38IN5O. The minimum absolute atomic E-state index is 0. The molecule has 1 atom stereocenters. The normalized spacial score (nSPS) is 16.8. The average molecular weight is 503 g/mol. The van der Waals surface area contributed by atoms with Gasteiger partial charge in [-0.1, -0.05) is 38.1 Å². The molecule has 1 unspecified atom stereocenters. The molecule has 1 saturated heterocycles. The van der Waals surface area contributed by atoms with Crippen molar-refractivity contribution in [1.82, 2.24) is 20.4 Å². The lowest BCUT2D eigenvalue weighted by atomic mass is 10.0. The Bertz CT molecular complexity index is 571. The molecule has 1 aliphatic rings. The summed E-state index contributed by atoms with van der Waals surface area (Å²) in [5.74, 6) is 1.43. The molecule has 2 rings (SSSR count). The predicted molar refractivity (Wildman–Crippen MR) is 128 cm³/mol. The second kappa shape index (κ2) is 13.3. The van der Waals surface area contributed by atoms with Crippen molar-refractivity contribution < 1.29 is 4.74 Å². The highest BCUT2D eigenvalue weighted by Gasteiger charge is 2.23. The van der Waals surface area contributed by atoms with Gasteiger partial charge in [0.2, 0.25) is 0 Å². The maximum Gasteiger partial charge on any atom is 0.191 e. The lowest BCUT2D eigenvalue weighted by Gasteiger charge is -2.37. The van der Waals surface area contributed by atoms with Crippen molar-refractivity contribution in [2.75, 3.05) is 54.0 Å². The molecule has 0 aliphatic carbocycles. The van der Waals surface area contributed by atoms with Crippen LogP contribution < -0.4 is 10.6 Å². The summed E-state index contributed by atoms with van der Waals surface area (Å²) >= 11 is 0. The molecule has 0 saturated carbocycles. The SMILES string of the molecule is CN=C(NCc1ccc(CN(C)C)cc1)NCC(C(C)C)N1CCOCC1.I. The highest BCUT2D eigenvalue weighted by Crippen LogP contribution is 2.12. The molecule has 6 nitrogen and oxygen atoms in total. The summed E-state index contributed by atoms with van der Waals surface area (Å²) in [5, 5.41) is 6.93. The molecule has 1 heterocycles. The molecule has 28 heavy (non-hydrogen) atoms. The predicted octanol–water partition coefficient (Wildman–Crippen LogP) is 2.39. The molecule has 2 N–H and O–H groups in total. The van der Waals surface area contributed by atoms with E-state index in [1.807, 2.05) is 7.05 Å². The van der Waals surface area contributed by atoms with Gasteiger partial charge in [-0.05, 0) is 31.1 Å². The Morgan fingerprint density at radius 1 is 1.11 bits per heavy atom. The van der Waals surface area contributed by atoms with Crippen molar-refractivity contribution in [3.8, 4) is 0 Å². The van der Waals surface area contributed by atoms with E-state index in [4.69, 9.17) is 4.74 Å². The first-order chi connectivity index (χ1) is 13.0. The van der Waals surface area contributed by atoms with Gasteiger partial charge in [0.05, 0.1) is 13.2 Å². The second-order valence-electron chi connectivity index (χ2n) is 7.82. The Labute approximate surface area is 188 Å². The van der Waals surface area contributed by atoms with Crippen LogP contribution in [0.2, 0.25) is 0 Å². The van der Waals surface area contributed by atoms with Gasteiger partial charge in [0.1, 0.15) is 0 Å². The van der Waals surface area contributed by atoms with Gasteiger partial charge in [-0.15, -0.1) is 24.0 Å². The molecule has 1 fully saturated rings. The first kappa shape index (κ1) is 25.1. The van der Waals surface area contributed by atoms with E-state index < -0.39 is 0 Å². The number of halogens is 1. The number of ether oxygens (including phenoxy) is 1. The van der Waals surface area contributed by atoms with Crippen molar-refractivity contribution in [3.05, 3.63) is 35.4 Å². The van der Waals surface area contributed by atoms with Gasteiger partial charge in [-0.25, -0.2) is 0 Å². The van der Waals surface area contributed by atoms with Crippen LogP contribution >= 0.6 is 24.0 Å². The van der Waals surface area contributed by atoms with Gasteiger partial charge < -0.3 is 20.3 Å². The van der Waals surface area contributed by atoms with Crippen LogP contribution in [-0.2, 0) is 17.8 Å². The van der Waals surface area contributed by atoms with Gasteiger partial charge in [0.25, 0.3) is 0 Å². The third-order valence-electron chi connectivity index (χ3n) is 4.97. The number of hydrogen-bond donors (Lipinski definition) is 2. The van der Waals surface area contributed by atoms with Crippen LogP contribution in [-0.4, -0.2) is 75.8 Å². The Balaban J connectivity index is 0.00000392. The zero-order valence-electron chi connectivity index (χ0n) is 18.1. The maximum atomic E-state index is 5.49. The number of nitrogens with one attached hydrogen (secondary N) is 2. The van der Waals surface area contributed by atoms with E-state index in [1.54, 1.807) is 0 Å². The molecule has 7 heteroatoms. The summed E-state index contributed by atoms with van der Waals surface area (Å²) in [4.78, 5) is 9.09. The molecule has 0 aromatic heterocycles. The van der Waals surface area contributed by atoms with Crippen molar-refractivity contribution in [1.29, 1.82) is 0 Å². The monoisotopic (exact) mass is 503 g/mol. The zero-order chi connectivity index (χ0) is 19.6. The lowest BCUT2D eigenvalue weighted by Crippen LogP contribution is -2.52. The van der Waals surface area contributed by atoms with E-state index >= 15 is 0 Å². The molecule has 160 valence electrons. The smallest absolute Gasteiger partial charge is 0.191 e. The molecule has 0 radical (unpaired) electrons. The third-order valence-corrected chi connectivity index (χ3v) is 4.97. The van der Waals surface area contributed by atoms with Crippen LogP contribution in [0, 0.1) is 5.92 Å². The number of guanidine groups is 1. The number of aliphatic imine (C=N–C) groups is 1. The second-order valence-corrected chi connectivity index (χ2v) is 7.82. The molecule has 0 amide bonds. The summed E-state index contributed by atoms with van der Waals surface area (Å²) in [6.07, 6.45) is 0. The number of morpholine rings is 1. The number of hydrogen-bond acceptors (Lipinski definition) is 4. The highest BCUT2D eigenvalue weighted by atomic mass is 127. The fraction of sp³-hybridized carbons (Fsp3) is 0.667. The minimum atomic E-state index is 0. The Morgan fingerprint density at radius 3 is 2.25 bits per heavy atom. The maximum absolute atomic E-state index is 5.49. The van der Waals surface area contributed by atoms with E-state index in [0.29, 0.717) is 12.0 Å². The van der Waals surface area contributed by atoms with Crippen molar-refractivity contribution in [2.45, 2.75) is 33.0 Å². The zero-order valence-corrected chi connectivity index (χ0v) is 20.4. The first-order valence-corrected chi connectivity index (χ1v) is 9.98. The molecule has 0 spiro atoms. The molecule has 1 aromatic carbocycles. The van der Waals surface area contributed by atoms with Gasteiger partial charge in [-0.3, -0.25) is 9.89 Å². The topological polar surface area (TPSA) is 52.1 Å². The van der Waals surface area contributed by atoms with Crippen molar-refractivity contribution in [2.24, 2.45) is 10.9 Å². The number of benzene rings is 1. The van der Waals surface area contributed by atoms with Crippen LogP contribution in [0.15, 0.2) is 29.3 Å². The fourth-order valence-electron chi connectivity index (χ4n) is 3.43. The van der Waals surface area contributed by atoms with E-state index in [-0.39, 0.29) is 24.0 Å². The fourth-order valence-corrected chi connectivity index (χ4v) is 3.43. The van der Waals surface area contributed by atoms with Crippen molar-refractivity contribution >= 4 is 29.9 Å². The largest absolute Gasteiger partial charge is 0.379 e. The summed E-state index contributed by atoms with van der Waals surface area (Å²) in [7, 11) is 6.01. The first-order valence-electron chi connectivity index (χ1n) is 9.98. The molecule has 0 bridgehead atoms. The average Bonchev–Trinajstić information content (AvgIpc) is 2.65. The van der Waals surface area contributed by atoms with Gasteiger partial charge in [-0.2, -0.15) is 0 Å². The van der Waals surface area contributed by atoms with E-state index in [9.17, 15) is 0 Å². The van der Waals surface area contributed by atoms with Crippen LogP contribution in [0.5, 0.6) is 0 Å². The summed E-state index contributed by atoms with van der Waals surface area (Å²) in [5.41, 5.74) is 2.59. The Morgan fingerprint density at radius 2 is 1.71 bits per heavy atom. The van der Waals surface area contributed by atoms with E-state index in [2.05, 4.69) is 77.6 Å². The third kappa shape index (κ3) is 8.63. The quantitative estimate of drug-likeness (QED) is 0.324. The van der Waals surface area contributed by atoms with Crippen LogP contribution in [0.3, 0.4) is 0 Å². The minimum Gasteiger partial charge on any atom is -0.379 e. The van der Waals surface area contributed by atoms with Crippen LogP contribution in [0.1, 0.15) is 25.0 Å². The van der Waals surface area contributed by atoms with Crippen molar-refractivity contribution in [3.63, 3.8) is 0 Å². The molecular weight excluding hydrogens is 465 g/mol. The van der Waals surface area contributed by atoms with Gasteiger partial charge in [0, 0.05) is 45.8 Å². The van der Waals surface area contributed by atoms with Crippen LogP contribution in [0.25, 0.3) is 0 Å². The van der Waals surface area contributed by atoms with E-state index in [0.717, 1.165) is 51.9 Å².